The molecule has 0 amide bonds. The summed E-state index contributed by atoms with van der Waals surface area (Å²) in [6.45, 7) is 2.46. The van der Waals surface area contributed by atoms with Crippen LogP contribution in [0.25, 0.3) is 0 Å². The molecule has 2 N–H and O–H groups in total. The van der Waals surface area contributed by atoms with Crippen molar-refractivity contribution in [3.8, 4) is 11.5 Å². The Morgan fingerprint density at radius 2 is 2.05 bits per heavy atom. The largest absolute Gasteiger partial charge is 0.497 e. The third kappa shape index (κ3) is 4.24. The van der Waals surface area contributed by atoms with Crippen LogP contribution in [0.3, 0.4) is 0 Å². The van der Waals surface area contributed by atoms with Gasteiger partial charge in [-0.1, -0.05) is 12.1 Å². The van der Waals surface area contributed by atoms with Gasteiger partial charge in [-0.2, -0.15) is 0 Å². The first-order valence-electron chi connectivity index (χ1n) is 6.63. The summed E-state index contributed by atoms with van der Waals surface area (Å²) in [7, 11) is 1.65. The standard InChI is InChI=1S/C16H20N2O2/c1-12(17)8-14-6-7-16(10-18-14)20-11-13-4-3-5-15(9-13)19-2/h3-7,9-10,12H,8,11,17H2,1-2H3. The molecule has 0 spiro atoms. The van der Waals surface area contributed by atoms with Crippen molar-refractivity contribution in [2.75, 3.05) is 7.11 Å². The van der Waals surface area contributed by atoms with Crippen molar-refractivity contribution < 1.29 is 9.47 Å². The van der Waals surface area contributed by atoms with Crippen molar-refractivity contribution in [1.29, 1.82) is 0 Å². The average molecular weight is 272 g/mol. The Balaban J connectivity index is 1.93. The SMILES string of the molecule is COc1cccc(COc2ccc(CC(C)N)nc2)c1. The van der Waals surface area contributed by atoms with E-state index in [2.05, 4.69) is 4.98 Å². The molecule has 1 aromatic carbocycles. The monoisotopic (exact) mass is 272 g/mol. The number of nitrogens with two attached hydrogens (primary N) is 1. The van der Waals surface area contributed by atoms with Gasteiger partial charge in [0.1, 0.15) is 18.1 Å². The zero-order valence-corrected chi connectivity index (χ0v) is 11.9. The summed E-state index contributed by atoms with van der Waals surface area (Å²) in [4.78, 5) is 4.34. The Bertz CT molecular complexity index is 538. The second-order valence-electron chi connectivity index (χ2n) is 4.81. The summed E-state index contributed by atoms with van der Waals surface area (Å²) in [5, 5.41) is 0. The molecule has 0 bridgehead atoms. The second kappa shape index (κ2) is 6.91. The molecule has 0 aliphatic carbocycles. The highest BCUT2D eigenvalue weighted by molar-refractivity contribution is 5.28. The number of ether oxygens (including phenoxy) is 2. The maximum Gasteiger partial charge on any atom is 0.138 e. The molecular formula is C16H20N2O2. The molecule has 1 atom stereocenters. The van der Waals surface area contributed by atoms with Gasteiger partial charge in [-0.3, -0.25) is 4.98 Å². The number of rotatable bonds is 6. The number of pyridine rings is 1. The van der Waals surface area contributed by atoms with E-state index in [4.69, 9.17) is 15.2 Å². The minimum absolute atomic E-state index is 0.117. The van der Waals surface area contributed by atoms with Crippen LogP contribution in [0, 0.1) is 0 Å². The van der Waals surface area contributed by atoms with E-state index in [-0.39, 0.29) is 6.04 Å². The second-order valence-corrected chi connectivity index (χ2v) is 4.81. The van der Waals surface area contributed by atoms with E-state index >= 15 is 0 Å². The molecule has 106 valence electrons. The van der Waals surface area contributed by atoms with Gasteiger partial charge in [-0.25, -0.2) is 0 Å². The molecule has 0 saturated heterocycles. The summed E-state index contributed by atoms with van der Waals surface area (Å²) >= 11 is 0. The van der Waals surface area contributed by atoms with Crippen molar-refractivity contribution in [3.05, 3.63) is 53.9 Å². The van der Waals surface area contributed by atoms with Crippen LogP contribution in [-0.2, 0) is 13.0 Å². The van der Waals surface area contributed by atoms with Gasteiger partial charge in [-0.15, -0.1) is 0 Å². The third-order valence-electron chi connectivity index (χ3n) is 2.87. The van der Waals surface area contributed by atoms with Crippen molar-refractivity contribution >= 4 is 0 Å². The first-order chi connectivity index (χ1) is 9.67. The van der Waals surface area contributed by atoms with E-state index in [1.807, 2.05) is 43.3 Å². The quantitative estimate of drug-likeness (QED) is 0.878. The molecule has 4 nitrogen and oxygen atoms in total. The molecule has 0 aliphatic heterocycles. The highest BCUT2D eigenvalue weighted by Gasteiger charge is 2.01. The van der Waals surface area contributed by atoms with Gasteiger partial charge in [0.25, 0.3) is 0 Å². The molecule has 1 unspecified atom stereocenters. The lowest BCUT2D eigenvalue weighted by atomic mass is 10.2. The average Bonchev–Trinajstić information content (AvgIpc) is 2.46. The summed E-state index contributed by atoms with van der Waals surface area (Å²) < 4.78 is 10.9. The van der Waals surface area contributed by atoms with Crippen molar-refractivity contribution in [3.63, 3.8) is 0 Å². The van der Waals surface area contributed by atoms with Crippen molar-refractivity contribution in [2.24, 2.45) is 5.73 Å². The zero-order valence-electron chi connectivity index (χ0n) is 11.9. The van der Waals surface area contributed by atoms with Crippen molar-refractivity contribution in [2.45, 2.75) is 26.0 Å². The molecule has 0 aliphatic rings. The van der Waals surface area contributed by atoms with Crippen LogP contribution >= 0.6 is 0 Å². The van der Waals surface area contributed by atoms with Crippen LogP contribution in [0.2, 0.25) is 0 Å². The first kappa shape index (κ1) is 14.3. The number of benzene rings is 1. The molecule has 1 heterocycles. The molecule has 2 aromatic rings. The normalized spacial score (nSPS) is 11.9. The van der Waals surface area contributed by atoms with Crippen LogP contribution in [0.5, 0.6) is 11.5 Å². The molecule has 2 rings (SSSR count). The minimum atomic E-state index is 0.117. The van der Waals surface area contributed by atoms with Gasteiger partial charge >= 0.3 is 0 Å². The number of hydrogen-bond acceptors (Lipinski definition) is 4. The highest BCUT2D eigenvalue weighted by atomic mass is 16.5. The topological polar surface area (TPSA) is 57.4 Å². The van der Waals surface area contributed by atoms with E-state index in [0.29, 0.717) is 6.61 Å². The van der Waals surface area contributed by atoms with Crippen molar-refractivity contribution in [1.82, 2.24) is 4.98 Å². The Hall–Kier alpha value is -2.07. The van der Waals surface area contributed by atoms with Gasteiger partial charge in [0.15, 0.2) is 0 Å². The fourth-order valence-corrected chi connectivity index (χ4v) is 1.88. The Labute approximate surface area is 119 Å². The molecule has 0 fully saturated rings. The molecule has 0 radical (unpaired) electrons. The summed E-state index contributed by atoms with van der Waals surface area (Å²) in [5.74, 6) is 1.58. The highest BCUT2D eigenvalue weighted by Crippen LogP contribution is 2.16. The Kier molecular flexibility index (Phi) is 4.96. The van der Waals surface area contributed by atoms with Gasteiger partial charge in [-0.05, 0) is 36.8 Å². The fourth-order valence-electron chi connectivity index (χ4n) is 1.88. The van der Waals surface area contributed by atoms with Crippen LogP contribution in [0.1, 0.15) is 18.2 Å². The zero-order chi connectivity index (χ0) is 14.4. The van der Waals surface area contributed by atoms with Gasteiger partial charge in [0.05, 0.1) is 13.3 Å². The molecule has 1 aromatic heterocycles. The van der Waals surface area contributed by atoms with E-state index in [0.717, 1.165) is 29.2 Å². The lowest BCUT2D eigenvalue weighted by molar-refractivity contribution is 0.303. The van der Waals surface area contributed by atoms with E-state index in [1.165, 1.54) is 0 Å². The van der Waals surface area contributed by atoms with E-state index in [9.17, 15) is 0 Å². The maximum absolute atomic E-state index is 5.74. The van der Waals surface area contributed by atoms with Gasteiger partial charge in [0, 0.05) is 18.2 Å². The lowest BCUT2D eigenvalue weighted by Crippen LogP contribution is -2.18. The summed E-state index contributed by atoms with van der Waals surface area (Å²) in [6, 6.07) is 11.8. The molecule has 0 saturated carbocycles. The third-order valence-corrected chi connectivity index (χ3v) is 2.87. The first-order valence-corrected chi connectivity index (χ1v) is 6.63. The van der Waals surface area contributed by atoms with Crippen LogP contribution in [-0.4, -0.2) is 18.1 Å². The predicted octanol–water partition coefficient (Wildman–Crippen LogP) is 2.56. The van der Waals surface area contributed by atoms with Gasteiger partial charge < -0.3 is 15.2 Å². The smallest absolute Gasteiger partial charge is 0.138 e. The number of nitrogens with zero attached hydrogens (tertiary/aromatic N) is 1. The van der Waals surface area contributed by atoms with E-state index < -0.39 is 0 Å². The molecule has 20 heavy (non-hydrogen) atoms. The number of methoxy groups -OCH3 is 1. The lowest BCUT2D eigenvalue weighted by Gasteiger charge is -2.09. The number of hydrogen-bond donors (Lipinski definition) is 1. The minimum Gasteiger partial charge on any atom is -0.497 e. The van der Waals surface area contributed by atoms with Crippen LogP contribution < -0.4 is 15.2 Å². The summed E-state index contributed by atoms with van der Waals surface area (Å²) in [5.41, 5.74) is 7.78. The summed E-state index contributed by atoms with van der Waals surface area (Å²) in [6.07, 6.45) is 2.51. The maximum atomic E-state index is 5.74. The Morgan fingerprint density at radius 1 is 1.20 bits per heavy atom. The fraction of sp³-hybridized carbons (Fsp3) is 0.312. The predicted molar refractivity (Wildman–Crippen MR) is 78.9 cm³/mol. The van der Waals surface area contributed by atoms with Crippen LogP contribution in [0.4, 0.5) is 0 Å². The Morgan fingerprint density at radius 3 is 2.70 bits per heavy atom. The molecular weight excluding hydrogens is 252 g/mol. The van der Waals surface area contributed by atoms with E-state index in [1.54, 1.807) is 13.3 Å². The van der Waals surface area contributed by atoms with Crippen LogP contribution in [0.15, 0.2) is 42.6 Å². The molecule has 4 heteroatoms. The number of aromatic nitrogens is 1. The van der Waals surface area contributed by atoms with Gasteiger partial charge in [0.2, 0.25) is 0 Å².